The first-order valence-electron chi connectivity index (χ1n) is 8.43. The zero-order chi connectivity index (χ0) is 18.8. The fourth-order valence-electron chi connectivity index (χ4n) is 2.80. The Kier molecular flexibility index (Phi) is 5.29. The highest BCUT2D eigenvalue weighted by Gasteiger charge is 2.14. The summed E-state index contributed by atoms with van der Waals surface area (Å²) in [5.41, 5.74) is 4.28. The average Bonchev–Trinajstić information content (AvgIpc) is 3.28. The first-order valence-corrected chi connectivity index (χ1v) is 10.7. The Morgan fingerprint density at radius 1 is 1.04 bits per heavy atom. The second-order valence-electron chi connectivity index (χ2n) is 6.06. The number of aryl methyl sites for hydroxylation is 2. The minimum atomic E-state index is 0.723. The molecule has 0 radical (unpaired) electrons. The fourth-order valence-corrected chi connectivity index (χ4v) is 4.93. The van der Waals surface area contributed by atoms with Crippen molar-refractivity contribution in [2.75, 3.05) is 0 Å². The molecule has 0 saturated heterocycles. The van der Waals surface area contributed by atoms with E-state index in [-0.39, 0.29) is 0 Å². The van der Waals surface area contributed by atoms with Gasteiger partial charge in [-0.3, -0.25) is 4.57 Å². The molecule has 0 N–H and O–H groups in total. The molecule has 7 heteroatoms. The van der Waals surface area contributed by atoms with E-state index in [2.05, 4.69) is 39.2 Å². The van der Waals surface area contributed by atoms with Crippen molar-refractivity contribution in [2.45, 2.75) is 24.8 Å². The molecular formula is C20H17ClN4S2. The van der Waals surface area contributed by atoms with Gasteiger partial charge in [-0.1, -0.05) is 59.8 Å². The Morgan fingerprint density at radius 2 is 1.81 bits per heavy atom. The summed E-state index contributed by atoms with van der Waals surface area (Å²) in [5.74, 6) is 1.60. The normalized spacial score (nSPS) is 11.1. The fraction of sp³-hybridized carbons (Fsp3) is 0.150. The first-order chi connectivity index (χ1) is 13.1. The second kappa shape index (κ2) is 7.84. The summed E-state index contributed by atoms with van der Waals surface area (Å²) < 4.78 is 2.10. The van der Waals surface area contributed by atoms with E-state index in [0.717, 1.165) is 43.7 Å². The van der Waals surface area contributed by atoms with E-state index in [1.807, 2.05) is 43.3 Å². The average molecular weight is 413 g/mol. The van der Waals surface area contributed by atoms with Gasteiger partial charge in [0, 0.05) is 16.7 Å². The van der Waals surface area contributed by atoms with Crippen molar-refractivity contribution in [3.63, 3.8) is 0 Å². The zero-order valence-corrected chi connectivity index (χ0v) is 17.3. The van der Waals surface area contributed by atoms with Crippen LogP contribution in [0.15, 0.2) is 59.1 Å². The summed E-state index contributed by atoms with van der Waals surface area (Å²) in [7, 11) is 0. The van der Waals surface area contributed by atoms with E-state index in [9.17, 15) is 0 Å². The van der Waals surface area contributed by atoms with Crippen molar-refractivity contribution in [3.8, 4) is 16.3 Å². The molecule has 0 aliphatic rings. The van der Waals surface area contributed by atoms with Crippen molar-refractivity contribution in [3.05, 3.63) is 76.0 Å². The molecule has 0 spiro atoms. The monoisotopic (exact) mass is 412 g/mol. The van der Waals surface area contributed by atoms with Crippen LogP contribution >= 0.6 is 34.7 Å². The second-order valence-corrected chi connectivity index (χ2v) is 8.27. The quantitative estimate of drug-likeness (QED) is 0.379. The molecule has 27 heavy (non-hydrogen) atoms. The highest BCUT2D eigenvalue weighted by molar-refractivity contribution is 7.98. The molecule has 4 aromatic rings. The van der Waals surface area contributed by atoms with Crippen molar-refractivity contribution < 1.29 is 0 Å². The van der Waals surface area contributed by atoms with Crippen LogP contribution in [0.4, 0.5) is 0 Å². The van der Waals surface area contributed by atoms with E-state index in [1.165, 1.54) is 5.56 Å². The summed E-state index contributed by atoms with van der Waals surface area (Å²) >= 11 is 9.53. The number of benzene rings is 2. The third-order valence-corrected chi connectivity index (χ3v) is 6.37. The number of rotatable bonds is 5. The van der Waals surface area contributed by atoms with Crippen LogP contribution in [0, 0.1) is 13.8 Å². The summed E-state index contributed by atoms with van der Waals surface area (Å²) in [6, 6.07) is 16.1. The number of para-hydroxylation sites is 1. The van der Waals surface area contributed by atoms with Gasteiger partial charge in [0.05, 0.1) is 16.4 Å². The topological polar surface area (TPSA) is 43.6 Å². The van der Waals surface area contributed by atoms with Gasteiger partial charge in [-0.2, -0.15) is 0 Å². The predicted molar refractivity (Wildman–Crippen MR) is 113 cm³/mol. The van der Waals surface area contributed by atoms with Gasteiger partial charge >= 0.3 is 0 Å². The first kappa shape index (κ1) is 18.2. The summed E-state index contributed by atoms with van der Waals surface area (Å²) in [5, 5.41) is 13.2. The molecule has 0 fully saturated rings. The molecule has 4 nitrogen and oxygen atoms in total. The van der Waals surface area contributed by atoms with Gasteiger partial charge in [-0.05, 0) is 31.5 Å². The molecule has 2 aromatic heterocycles. The van der Waals surface area contributed by atoms with Crippen LogP contribution < -0.4 is 0 Å². The molecule has 0 unspecified atom stereocenters. The predicted octanol–water partition coefficient (Wildman–Crippen LogP) is 5.95. The van der Waals surface area contributed by atoms with Crippen LogP contribution in [0.2, 0.25) is 5.02 Å². The Morgan fingerprint density at radius 3 is 2.63 bits per heavy atom. The molecule has 2 aromatic carbocycles. The van der Waals surface area contributed by atoms with E-state index < -0.39 is 0 Å². The molecule has 0 aliphatic heterocycles. The minimum Gasteiger partial charge on any atom is -0.274 e. The maximum absolute atomic E-state index is 6.29. The molecule has 0 amide bonds. The molecule has 0 bridgehead atoms. The Balaban J connectivity index is 1.56. The smallest absolute Gasteiger partial charge is 0.196 e. The number of halogens is 1. The van der Waals surface area contributed by atoms with Crippen LogP contribution in [0.3, 0.4) is 0 Å². The van der Waals surface area contributed by atoms with E-state index in [1.54, 1.807) is 23.1 Å². The number of nitrogens with zero attached hydrogens (tertiary/aromatic N) is 4. The lowest BCUT2D eigenvalue weighted by molar-refractivity contribution is 0.861. The van der Waals surface area contributed by atoms with Gasteiger partial charge in [0.15, 0.2) is 5.16 Å². The van der Waals surface area contributed by atoms with Crippen LogP contribution in [0.5, 0.6) is 0 Å². The molecule has 2 heterocycles. The Labute approximate surface area is 171 Å². The molecule has 136 valence electrons. The highest BCUT2D eigenvalue weighted by atomic mass is 35.5. The standard InChI is InChI=1S/C20H17ClN4S2/c1-13-7-3-6-10-18(13)25-14(2)23-24-20(25)27-12-15-11-26-19(22-15)16-8-4-5-9-17(16)21/h3-11H,12H2,1-2H3. The van der Waals surface area contributed by atoms with E-state index in [0.29, 0.717) is 0 Å². The Bertz CT molecular complexity index is 1090. The van der Waals surface area contributed by atoms with Gasteiger partial charge in [-0.15, -0.1) is 21.5 Å². The molecular weight excluding hydrogens is 396 g/mol. The molecule has 0 atom stereocenters. The van der Waals surface area contributed by atoms with Crippen molar-refractivity contribution in [1.82, 2.24) is 19.7 Å². The van der Waals surface area contributed by atoms with E-state index >= 15 is 0 Å². The van der Waals surface area contributed by atoms with Gasteiger partial charge < -0.3 is 0 Å². The van der Waals surface area contributed by atoms with Gasteiger partial charge in [0.25, 0.3) is 0 Å². The molecule has 0 saturated carbocycles. The van der Waals surface area contributed by atoms with Gasteiger partial charge in [0.1, 0.15) is 10.8 Å². The number of hydrogen-bond acceptors (Lipinski definition) is 5. The third-order valence-electron chi connectivity index (χ3n) is 4.16. The lowest BCUT2D eigenvalue weighted by Crippen LogP contribution is -2.01. The summed E-state index contributed by atoms with van der Waals surface area (Å²) in [6.07, 6.45) is 0. The lowest BCUT2D eigenvalue weighted by atomic mass is 10.2. The van der Waals surface area contributed by atoms with Crippen molar-refractivity contribution in [1.29, 1.82) is 0 Å². The Hall–Kier alpha value is -2.15. The number of aromatic nitrogens is 4. The van der Waals surface area contributed by atoms with Crippen LogP contribution in [-0.4, -0.2) is 19.7 Å². The highest BCUT2D eigenvalue weighted by Crippen LogP contribution is 2.32. The van der Waals surface area contributed by atoms with Crippen molar-refractivity contribution in [2.24, 2.45) is 0 Å². The largest absolute Gasteiger partial charge is 0.274 e. The zero-order valence-electron chi connectivity index (χ0n) is 14.9. The minimum absolute atomic E-state index is 0.723. The molecule has 4 rings (SSSR count). The number of thioether (sulfide) groups is 1. The lowest BCUT2D eigenvalue weighted by Gasteiger charge is -2.10. The number of hydrogen-bond donors (Lipinski definition) is 0. The maximum Gasteiger partial charge on any atom is 0.196 e. The maximum atomic E-state index is 6.29. The number of thiazole rings is 1. The van der Waals surface area contributed by atoms with Gasteiger partial charge in [0.2, 0.25) is 0 Å². The van der Waals surface area contributed by atoms with Crippen LogP contribution in [-0.2, 0) is 5.75 Å². The molecule has 0 aliphatic carbocycles. The van der Waals surface area contributed by atoms with Crippen molar-refractivity contribution >= 4 is 34.7 Å². The SMILES string of the molecule is Cc1ccccc1-n1c(C)nnc1SCc1csc(-c2ccccc2Cl)n1. The summed E-state index contributed by atoms with van der Waals surface area (Å²) in [4.78, 5) is 4.74. The van der Waals surface area contributed by atoms with Gasteiger partial charge in [-0.25, -0.2) is 4.98 Å². The van der Waals surface area contributed by atoms with Crippen LogP contribution in [0.1, 0.15) is 17.1 Å². The third kappa shape index (κ3) is 3.78. The summed E-state index contributed by atoms with van der Waals surface area (Å²) in [6.45, 7) is 4.07. The van der Waals surface area contributed by atoms with E-state index in [4.69, 9.17) is 16.6 Å². The van der Waals surface area contributed by atoms with Crippen LogP contribution in [0.25, 0.3) is 16.3 Å².